The van der Waals surface area contributed by atoms with Gasteiger partial charge in [0.25, 0.3) is 0 Å². The Hall–Kier alpha value is -1.48. The van der Waals surface area contributed by atoms with Crippen molar-refractivity contribution in [1.82, 2.24) is 0 Å². The molecule has 0 aromatic heterocycles. The maximum absolute atomic E-state index is 5.41. The molecule has 18 heavy (non-hydrogen) atoms. The molecule has 3 rings (SSSR count). The minimum Gasteiger partial charge on any atom is -0.496 e. The zero-order valence-electron chi connectivity index (χ0n) is 10.1. The normalized spacial score (nSPS) is 17.1. The second-order valence-corrected chi connectivity index (χ2v) is 5.35. The topological polar surface area (TPSA) is 21.3 Å². The largest absolute Gasteiger partial charge is 0.496 e. The van der Waals surface area contributed by atoms with Crippen LogP contribution in [0.3, 0.4) is 0 Å². The van der Waals surface area contributed by atoms with Crippen LogP contribution in [0.15, 0.2) is 46.9 Å². The highest BCUT2D eigenvalue weighted by Gasteiger charge is 2.24. The lowest BCUT2D eigenvalue weighted by Gasteiger charge is -2.11. The summed E-state index contributed by atoms with van der Waals surface area (Å²) < 4.78 is 6.52. The van der Waals surface area contributed by atoms with Gasteiger partial charge in [0.1, 0.15) is 5.75 Å². The molecule has 0 aliphatic carbocycles. The second kappa shape index (κ2) is 4.65. The summed E-state index contributed by atoms with van der Waals surface area (Å²) in [6.07, 6.45) is 0.973. The van der Waals surface area contributed by atoms with E-state index in [9.17, 15) is 0 Å². The van der Waals surface area contributed by atoms with Crippen LogP contribution >= 0.6 is 15.9 Å². The van der Waals surface area contributed by atoms with Gasteiger partial charge in [-0.25, -0.2) is 0 Å². The Morgan fingerprint density at radius 2 is 1.94 bits per heavy atom. The van der Waals surface area contributed by atoms with Gasteiger partial charge in [-0.15, -0.1) is 0 Å². The van der Waals surface area contributed by atoms with Crippen LogP contribution in [-0.2, 0) is 6.42 Å². The van der Waals surface area contributed by atoms with Crippen LogP contribution in [0.5, 0.6) is 5.75 Å². The first-order chi connectivity index (χ1) is 8.78. The summed E-state index contributed by atoms with van der Waals surface area (Å²) in [4.78, 5) is 0. The molecule has 1 atom stereocenters. The SMILES string of the molecule is COc1cccc2c1CC(c1ccc(Br)cc1)N2. The number of anilines is 1. The number of nitrogens with one attached hydrogen (secondary N) is 1. The summed E-state index contributed by atoms with van der Waals surface area (Å²) in [6.45, 7) is 0. The van der Waals surface area contributed by atoms with E-state index >= 15 is 0 Å². The van der Waals surface area contributed by atoms with Crippen LogP contribution in [0.2, 0.25) is 0 Å². The maximum atomic E-state index is 5.41. The average Bonchev–Trinajstić information content (AvgIpc) is 2.83. The highest BCUT2D eigenvalue weighted by Crippen LogP contribution is 2.39. The summed E-state index contributed by atoms with van der Waals surface area (Å²) in [5.74, 6) is 0.972. The number of fused-ring (bicyclic) bond motifs is 1. The summed E-state index contributed by atoms with van der Waals surface area (Å²) in [5.41, 5.74) is 3.76. The first-order valence-corrected chi connectivity index (χ1v) is 6.75. The van der Waals surface area contributed by atoms with Crippen molar-refractivity contribution in [2.75, 3.05) is 12.4 Å². The van der Waals surface area contributed by atoms with Crippen molar-refractivity contribution >= 4 is 21.6 Å². The number of methoxy groups -OCH3 is 1. The maximum Gasteiger partial charge on any atom is 0.124 e. The van der Waals surface area contributed by atoms with Gasteiger partial charge < -0.3 is 10.1 Å². The minimum atomic E-state index is 0.337. The molecule has 1 aliphatic heterocycles. The fraction of sp³-hybridized carbons (Fsp3) is 0.200. The van der Waals surface area contributed by atoms with Crippen molar-refractivity contribution in [3.8, 4) is 5.75 Å². The molecule has 1 aliphatic rings. The quantitative estimate of drug-likeness (QED) is 0.899. The van der Waals surface area contributed by atoms with Crippen LogP contribution in [0.25, 0.3) is 0 Å². The molecule has 1 unspecified atom stereocenters. The molecule has 1 heterocycles. The lowest BCUT2D eigenvalue weighted by atomic mass is 10.0. The molecule has 3 heteroatoms. The zero-order chi connectivity index (χ0) is 12.5. The number of benzene rings is 2. The molecule has 2 aromatic carbocycles. The molecular formula is C15H14BrNO. The van der Waals surface area contributed by atoms with Crippen LogP contribution < -0.4 is 10.1 Å². The van der Waals surface area contributed by atoms with E-state index in [0.29, 0.717) is 6.04 Å². The predicted molar refractivity (Wildman–Crippen MR) is 77.2 cm³/mol. The van der Waals surface area contributed by atoms with E-state index in [2.05, 4.69) is 51.6 Å². The third-order valence-corrected chi connectivity index (χ3v) is 3.89. The number of hydrogen-bond donors (Lipinski definition) is 1. The summed E-state index contributed by atoms with van der Waals surface area (Å²) >= 11 is 3.46. The molecule has 2 aromatic rings. The van der Waals surface area contributed by atoms with Crippen LogP contribution in [0.1, 0.15) is 17.2 Å². The van der Waals surface area contributed by atoms with Crippen molar-refractivity contribution in [3.63, 3.8) is 0 Å². The monoisotopic (exact) mass is 303 g/mol. The molecule has 1 N–H and O–H groups in total. The average molecular weight is 304 g/mol. The molecule has 0 radical (unpaired) electrons. The molecule has 0 saturated carbocycles. The van der Waals surface area contributed by atoms with E-state index in [1.54, 1.807) is 7.11 Å². The third-order valence-electron chi connectivity index (χ3n) is 3.36. The van der Waals surface area contributed by atoms with Crippen molar-refractivity contribution in [2.45, 2.75) is 12.5 Å². The van der Waals surface area contributed by atoms with Gasteiger partial charge in [0.15, 0.2) is 0 Å². The van der Waals surface area contributed by atoms with E-state index in [1.165, 1.54) is 16.8 Å². The Balaban J connectivity index is 1.91. The lowest BCUT2D eigenvalue weighted by Crippen LogP contribution is -2.05. The van der Waals surface area contributed by atoms with Crippen LogP contribution in [-0.4, -0.2) is 7.11 Å². The van der Waals surface area contributed by atoms with Gasteiger partial charge in [-0.2, -0.15) is 0 Å². The van der Waals surface area contributed by atoms with E-state index in [-0.39, 0.29) is 0 Å². The first-order valence-electron chi connectivity index (χ1n) is 5.96. The molecule has 0 saturated heterocycles. The first kappa shape index (κ1) is 11.6. The Morgan fingerprint density at radius 1 is 1.17 bits per heavy atom. The number of ether oxygens (including phenoxy) is 1. The molecule has 2 nitrogen and oxygen atoms in total. The smallest absolute Gasteiger partial charge is 0.124 e. The Kier molecular flexibility index (Phi) is 3.00. The summed E-state index contributed by atoms with van der Waals surface area (Å²) in [7, 11) is 1.72. The Bertz CT molecular complexity index is 565. The van der Waals surface area contributed by atoms with Gasteiger partial charge >= 0.3 is 0 Å². The standard InChI is InChI=1S/C15H14BrNO/c1-18-15-4-2-3-13-12(15)9-14(17-13)10-5-7-11(16)8-6-10/h2-8,14,17H,9H2,1H3. The van der Waals surface area contributed by atoms with Gasteiger partial charge in [-0.05, 0) is 29.8 Å². The fourth-order valence-corrected chi connectivity index (χ4v) is 2.71. The highest BCUT2D eigenvalue weighted by atomic mass is 79.9. The summed E-state index contributed by atoms with van der Waals surface area (Å²) in [5, 5.41) is 3.55. The number of halogens is 1. The van der Waals surface area contributed by atoms with Crippen molar-refractivity contribution in [3.05, 3.63) is 58.1 Å². The van der Waals surface area contributed by atoms with Crippen molar-refractivity contribution in [1.29, 1.82) is 0 Å². The predicted octanol–water partition coefficient (Wildman–Crippen LogP) is 4.17. The fourth-order valence-electron chi connectivity index (χ4n) is 2.44. The molecule has 0 amide bonds. The third kappa shape index (κ3) is 1.99. The molecule has 92 valence electrons. The van der Waals surface area contributed by atoms with Gasteiger partial charge in [0.05, 0.1) is 13.2 Å². The zero-order valence-corrected chi connectivity index (χ0v) is 11.7. The molecule has 0 bridgehead atoms. The second-order valence-electron chi connectivity index (χ2n) is 4.44. The number of rotatable bonds is 2. The molecular weight excluding hydrogens is 290 g/mol. The molecule has 0 fully saturated rings. The lowest BCUT2D eigenvalue weighted by molar-refractivity contribution is 0.410. The number of hydrogen-bond acceptors (Lipinski definition) is 2. The van der Waals surface area contributed by atoms with E-state index in [4.69, 9.17) is 4.74 Å². The minimum absolute atomic E-state index is 0.337. The van der Waals surface area contributed by atoms with Gasteiger partial charge in [0, 0.05) is 22.1 Å². The highest BCUT2D eigenvalue weighted by molar-refractivity contribution is 9.10. The molecule has 0 spiro atoms. The summed E-state index contributed by atoms with van der Waals surface area (Å²) in [6, 6.07) is 15.0. The van der Waals surface area contributed by atoms with Crippen LogP contribution in [0.4, 0.5) is 5.69 Å². The van der Waals surface area contributed by atoms with E-state index in [0.717, 1.165) is 16.6 Å². The van der Waals surface area contributed by atoms with E-state index in [1.807, 2.05) is 12.1 Å². The Labute approximate surface area is 115 Å². The van der Waals surface area contributed by atoms with Gasteiger partial charge in [-0.1, -0.05) is 34.1 Å². The van der Waals surface area contributed by atoms with E-state index < -0.39 is 0 Å². The van der Waals surface area contributed by atoms with Crippen LogP contribution in [0, 0.1) is 0 Å². The Morgan fingerprint density at radius 3 is 2.67 bits per heavy atom. The van der Waals surface area contributed by atoms with Gasteiger partial charge in [-0.3, -0.25) is 0 Å². The van der Waals surface area contributed by atoms with Gasteiger partial charge in [0.2, 0.25) is 0 Å². The van der Waals surface area contributed by atoms with Crippen molar-refractivity contribution in [2.24, 2.45) is 0 Å². The van der Waals surface area contributed by atoms with Crippen molar-refractivity contribution < 1.29 is 4.74 Å².